The number of ether oxygens (including phenoxy) is 2. The fourth-order valence-corrected chi connectivity index (χ4v) is 3.12. The highest BCUT2D eigenvalue weighted by atomic mass is 127. The van der Waals surface area contributed by atoms with Crippen LogP contribution in [0.3, 0.4) is 0 Å². The molecule has 0 aliphatic rings. The molecule has 2 N–H and O–H groups in total. The van der Waals surface area contributed by atoms with Crippen molar-refractivity contribution in [3.63, 3.8) is 0 Å². The summed E-state index contributed by atoms with van der Waals surface area (Å²) in [6.45, 7) is 3.41. The van der Waals surface area contributed by atoms with E-state index in [4.69, 9.17) is 14.9 Å². The summed E-state index contributed by atoms with van der Waals surface area (Å²) in [5, 5.41) is 11.5. The quantitative estimate of drug-likeness (QED) is 0.291. The van der Waals surface area contributed by atoms with Gasteiger partial charge in [0.25, 0.3) is 5.91 Å². The van der Waals surface area contributed by atoms with E-state index >= 15 is 0 Å². The molecule has 1 aromatic carbocycles. The van der Waals surface area contributed by atoms with Crippen LogP contribution in [0.15, 0.2) is 30.5 Å². The number of halogens is 1. The fraction of sp³-hybridized carbons (Fsp3) is 0.353. The molecule has 0 saturated carbocycles. The van der Waals surface area contributed by atoms with Crippen LogP contribution in [0.1, 0.15) is 13.8 Å². The average molecular weight is 473 g/mol. The summed E-state index contributed by atoms with van der Waals surface area (Å²) in [4.78, 5) is 16.9. The van der Waals surface area contributed by atoms with E-state index in [0.29, 0.717) is 5.75 Å². The molecule has 1 amide bonds. The molecule has 0 aliphatic carbocycles. The number of carbonyl (C=O) groups is 1. The van der Waals surface area contributed by atoms with Crippen molar-refractivity contribution in [1.82, 2.24) is 10.3 Å². The van der Waals surface area contributed by atoms with Gasteiger partial charge < -0.3 is 14.8 Å². The summed E-state index contributed by atoms with van der Waals surface area (Å²) in [6.07, 6.45) is 3.60. The van der Waals surface area contributed by atoms with E-state index in [2.05, 4.69) is 32.9 Å². The lowest BCUT2D eigenvalue weighted by atomic mass is 10.1. The van der Waals surface area contributed by atoms with Crippen LogP contribution < -0.4 is 10.1 Å². The van der Waals surface area contributed by atoms with Crippen molar-refractivity contribution < 1.29 is 14.3 Å². The van der Waals surface area contributed by atoms with Gasteiger partial charge >= 0.3 is 0 Å². The zero-order valence-corrected chi connectivity index (χ0v) is 17.4. The minimum atomic E-state index is -0.910. The Bertz CT molecular complexity index is 798. The van der Waals surface area contributed by atoms with E-state index in [0.717, 1.165) is 14.5 Å². The minimum absolute atomic E-state index is 0.0212. The molecule has 1 heterocycles. The van der Waals surface area contributed by atoms with Crippen LogP contribution in [0.5, 0.6) is 5.75 Å². The van der Waals surface area contributed by atoms with Gasteiger partial charge in [0.2, 0.25) is 11.3 Å². The summed E-state index contributed by atoms with van der Waals surface area (Å²) < 4.78 is 11.8. The summed E-state index contributed by atoms with van der Waals surface area (Å²) in [5.41, 5.74) is -0.781. The van der Waals surface area contributed by atoms with Crippen molar-refractivity contribution in [1.29, 1.82) is 5.41 Å². The Hall–Kier alpha value is -1.55. The van der Waals surface area contributed by atoms with E-state index in [9.17, 15) is 4.79 Å². The number of aromatic nitrogens is 1. The monoisotopic (exact) mass is 473 g/mol. The van der Waals surface area contributed by atoms with Crippen molar-refractivity contribution >= 4 is 57.1 Å². The molecule has 0 bridgehead atoms. The lowest BCUT2D eigenvalue weighted by Crippen LogP contribution is -2.53. The summed E-state index contributed by atoms with van der Waals surface area (Å²) in [6, 6.07) is 7.53. The standard InChI is InChI=1S/C17H20IN3O3S/c1-17(2,16(19)23-3)21-14(22)15(25-4)24-12-5-6-13-10(8-12)7-11(18)9-20-13/h5-9,15,19H,1-4H3,(H,21,22). The van der Waals surface area contributed by atoms with Crippen LogP contribution in [-0.4, -0.2) is 41.1 Å². The van der Waals surface area contributed by atoms with Crippen LogP contribution in [0, 0.1) is 8.98 Å². The van der Waals surface area contributed by atoms with Crippen LogP contribution in [0.2, 0.25) is 0 Å². The molecule has 0 fully saturated rings. The van der Waals surface area contributed by atoms with E-state index in [1.54, 1.807) is 32.4 Å². The number of nitrogens with zero attached hydrogens (tertiary/aromatic N) is 1. The fourth-order valence-electron chi connectivity index (χ4n) is 2.17. The highest BCUT2D eigenvalue weighted by molar-refractivity contribution is 14.1. The number of carbonyl (C=O) groups excluding carboxylic acids is 1. The molecule has 25 heavy (non-hydrogen) atoms. The average Bonchev–Trinajstić information content (AvgIpc) is 2.57. The maximum atomic E-state index is 12.5. The van der Waals surface area contributed by atoms with Gasteiger partial charge in [-0.1, -0.05) is 0 Å². The highest BCUT2D eigenvalue weighted by Gasteiger charge is 2.31. The van der Waals surface area contributed by atoms with Crippen LogP contribution in [-0.2, 0) is 9.53 Å². The molecule has 1 aromatic heterocycles. The molecule has 134 valence electrons. The van der Waals surface area contributed by atoms with Gasteiger partial charge in [0.15, 0.2) is 0 Å². The molecule has 0 aliphatic heterocycles. The number of pyridine rings is 1. The highest BCUT2D eigenvalue weighted by Crippen LogP contribution is 2.24. The van der Waals surface area contributed by atoms with E-state index < -0.39 is 11.0 Å². The van der Waals surface area contributed by atoms with Gasteiger partial charge in [-0.15, -0.1) is 11.8 Å². The van der Waals surface area contributed by atoms with Crippen molar-refractivity contribution in [3.8, 4) is 5.75 Å². The summed E-state index contributed by atoms with van der Waals surface area (Å²) in [7, 11) is 1.41. The first kappa shape index (κ1) is 19.8. The number of amides is 1. The number of nitrogens with one attached hydrogen (secondary N) is 2. The van der Waals surface area contributed by atoms with Gasteiger partial charge in [0.05, 0.1) is 12.6 Å². The zero-order valence-electron chi connectivity index (χ0n) is 14.4. The molecule has 2 aromatic rings. The number of fused-ring (bicyclic) bond motifs is 1. The largest absolute Gasteiger partial charge is 0.483 e. The molecule has 8 heteroatoms. The maximum absolute atomic E-state index is 12.5. The van der Waals surface area contributed by atoms with Gasteiger partial charge in [-0.25, -0.2) is 0 Å². The molecule has 1 atom stereocenters. The third-order valence-electron chi connectivity index (χ3n) is 3.50. The first-order valence-electron chi connectivity index (χ1n) is 7.46. The molecular formula is C17H20IN3O3S. The van der Waals surface area contributed by atoms with Crippen LogP contribution >= 0.6 is 34.4 Å². The van der Waals surface area contributed by atoms with Gasteiger partial charge in [-0.2, -0.15) is 0 Å². The Kier molecular flexibility index (Phi) is 6.50. The van der Waals surface area contributed by atoms with E-state index in [1.807, 2.05) is 18.2 Å². The van der Waals surface area contributed by atoms with E-state index in [1.165, 1.54) is 18.9 Å². The first-order valence-corrected chi connectivity index (χ1v) is 9.83. The minimum Gasteiger partial charge on any atom is -0.483 e. The first-order chi connectivity index (χ1) is 11.8. The van der Waals surface area contributed by atoms with Crippen molar-refractivity contribution in [2.75, 3.05) is 13.4 Å². The number of benzene rings is 1. The second kappa shape index (κ2) is 8.22. The third-order valence-corrected chi connectivity index (χ3v) is 4.83. The topological polar surface area (TPSA) is 84.3 Å². The number of thioether (sulfide) groups is 1. The SMILES string of the molecule is COC(=N)C(C)(C)NC(=O)C(Oc1ccc2ncc(I)cc2c1)SC. The van der Waals surface area contributed by atoms with Gasteiger partial charge in [0.1, 0.15) is 11.3 Å². The van der Waals surface area contributed by atoms with Crippen molar-refractivity contribution in [2.24, 2.45) is 0 Å². The zero-order chi connectivity index (χ0) is 18.6. The maximum Gasteiger partial charge on any atom is 0.272 e. The Labute approximate surface area is 164 Å². The van der Waals surface area contributed by atoms with Gasteiger partial charge in [-0.05, 0) is 67.0 Å². The normalized spacial score (nSPS) is 12.5. The second-order valence-electron chi connectivity index (χ2n) is 5.84. The molecule has 2 rings (SSSR count). The molecular weight excluding hydrogens is 453 g/mol. The number of methoxy groups -OCH3 is 1. The molecule has 6 nitrogen and oxygen atoms in total. The summed E-state index contributed by atoms with van der Waals surface area (Å²) >= 11 is 3.48. The van der Waals surface area contributed by atoms with Gasteiger partial charge in [-0.3, -0.25) is 15.2 Å². The lowest BCUT2D eigenvalue weighted by Gasteiger charge is -2.27. The Balaban J connectivity index is 2.16. The third kappa shape index (κ3) is 4.97. The van der Waals surface area contributed by atoms with Crippen molar-refractivity contribution in [3.05, 3.63) is 34.0 Å². The summed E-state index contributed by atoms with van der Waals surface area (Å²) in [5.74, 6) is 0.248. The Morgan fingerprint density at radius 2 is 2.12 bits per heavy atom. The van der Waals surface area contributed by atoms with Crippen LogP contribution in [0.4, 0.5) is 0 Å². The molecule has 1 unspecified atom stereocenters. The van der Waals surface area contributed by atoms with Crippen molar-refractivity contribution in [2.45, 2.75) is 24.8 Å². The van der Waals surface area contributed by atoms with Gasteiger partial charge in [0, 0.05) is 15.2 Å². The number of hydrogen-bond acceptors (Lipinski definition) is 6. The van der Waals surface area contributed by atoms with E-state index in [-0.39, 0.29) is 11.8 Å². The second-order valence-corrected chi connectivity index (χ2v) is 7.99. The Morgan fingerprint density at radius 1 is 1.40 bits per heavy atom. The molecule has 0 spiro atoms. The molecule has 0 radical (unpaired) electrons. The number of rotatable bonds is 6. The predicted octanol–water partition coefficient (Wildman–Crippen LogP) is 3.43. The van der Waals surface area contributed by atoms with Crippen LogP contribution in [0.25, 0.3) is 10.9 Å². The lowest BCUT2D eigenvalue weighted by molar-refractivity contribution is -0.125. The number of hydrogen-bond donors (Lipinski definition) is 2. The molecule has 0 saturated heterocycles. The smallest absolute Gasteiger partial charge is 0.272 e. The predicted molar refractivity (Wildman–Crippen MR) is 109 cm³/mol. The Morgan fingerprint density at radius 3 is 2.76 bits per heavy atom.